The normalized spacial score (nSPS) is 15.0. The van der Waals surface area contributed by atoms with E-state index in [-0.39, 0.29) is 22.8 Å². The topological polar surface area (TPSA) is 128 Å². The van der Waals surface area contributed by atoms with Gasteiger partial charge in [0.2, 0.25) is 11.8 Å². The average Bonchev–Trinajstić information content (AvgIpc) is 3.24. The molecule has 10 nitrogen and oxygen atoms in total. The van der Waals surface area contributed by atoms with Crippen molar-refractivity contribution in [2.75, 3.05) is 17.9 Å². The molecule has 212 valence electrons. The van der Waals surface area contributed by atoms with Gasteiger partial charge in [-0.2, -0.15) is 0 Å². The van der Waals surface area contributed by atoms with Gasteiger partial charge in [0.15, 0.2) is 15.9 Å². The minimum Gasteiger partial charge on any atom is -0.464 e. The molecular formula is C31H26N4O6S. The summed E-state index contributed by atoms with van der Waals surface area (Å²) in [6.45, 7) is 1.73. The predicted molar refractivity (Wildman–Crippen MR) is 157 cm³/mol. The number of esters is 1. The van der Waals surface area contributed by atoms with Gasteiger partial charge in [-0.1, -0.05) is 54.1 Å². The number of carbonyl (C=O) groups excluding carboxylic acids is 3. The molecule has 0 saturated heterocycles. The SMILES string of the molecule is COC(=O)c1cc2c3ccccc3n3c2c(n1)C(C(=O)NCS(=O)(=O)c1ccc(C)cc1)N(c1ccccc1)C(=O)C3. The van der Waals surface area contributed by atoms with Crippen molar-refractivity contribution >= 4 is 55.1 Å². The molecule has 2 aromatic heterocycles. The zero-order valence-corrected chi connectivity index (χ0v) is 23.6. The molecule has 1 aliphatic heterocycles. The Morgan fingerprint density at radius 2 is 1.67 bits per heavy atom. The number of ether oxygens (including phenoxy) is 1. The molecule has 0 bridgehead atoms. The number of fused-ring (bicyclic) bond motifs is 3. The molecule has 1 aliphatic rings. The van der Waals surface area contributed by atoms with Gasteiger partial charge in [0, 0.05) is 22.0 Å². The number of hydrogen-bond acceptors (Lipinski definition) is 7. The average molecular weight is 583 g/mol. The fraction of sp³-hybridized carbons (Fsp3) is 0.161. The van der Waals surface area contributed by atoms with Crippen LogP contribution in [-0.2, 0) is 30.7 Å². The minimum atomic E-state index is -3.91. The van der Waals surface area contributed by atoms with Crippen molar-refractivity contribution in [3.63, 3.8) is 0 Å². The van der Waals surface area contributed by atoms with E-state index in [0.29, 0.717) is 16.6 Å². The molecule has 1 atom stereocenters. The van der Waals surface area contributed by atoms with E-state index < -0.39 is 39.5 Å². The first-order chi connectivity index (χ1) is 20.2. The lowest BCUT2D eigenvalue weighted by molar-refractivity contribution is -0.126. The standard InChI is InChI=1S/C31H26N4O6S/c1-19-12-14-21(15-13-19)42(39,40)18-32-30(37)29-27-28-23(16-24(33-27)31(38)41-2)22-10-6-7-11-25(22)34(28)17-26(36)35(29)20-8-4-3-5-9-20/h3-16,29H,17-18H2,1-2H3,(H,32,37). The number of hydrogen-bond donors (Lipinski definition) is 1. The predicted octanol–water partition coefficient (Wildman–Crippen LogP) is 3.92. The molecule has 42 heavy (non-hydrogen) atoms. The Hall–Kier alpha value is -5.03. The Morgan fingerprint density at radius 1 is 0.976 bits per heavy atom. The molecule has 0 spiro atoms. The highest BCUT2D eigenvalue weighted by molar-refractivity contribution is 7.91. The summed E-state index contributed by atoms with van der Waals surface area (Å²) in [6.07, 6.45) is 0. The van der Waals surface area contributed by atoms with Gasteiger partial charge in [-0.3, -0.25) is 14.5 Å². The molecule has 0 aliphatic carbocycles. The van der Waals surface area contributed by atoms with Crippen LogP contribution in [-0.4, -0.2) is 48.7 Å². The second-order valence-electron chi connectivity index (χ2n) is 10.00. The number of benzene rings is 3. The lowest BCUT2D eigenvalue weighted by Gasteiger charge is -2.29. The third-order valence-corrected chi connectivity index (χ3v) is 8.86. The maximum Gasteiger partial charge on any atom is 0.356 e. The molecular weight excluding hydrogens is 556 g/mol. The molecule has 0 saturated carbocycles. The zero-order chi connectivity index (χ0) is 29.6. The summed E-state index contributed by atoms with van der Waals surface area (Å²) in [5.41, 5.74) is 2.61. The van der Waals surface area contributed by atoms with Crippen LogP contribution in [0.4, 0.5) is 5.69 Å². The number of aryl methyl sites for hydroxylation is 1. The molecule has 3 heterocycles. The van der Waals surface area contributed by atoms with E-state index in [4.69, 9.17) is 4.74 Å². The van der Waals surface area contributed by atoms with Crippen LogP contribution < -0.4 is 10.2 Å². The monoisotopic (exact) mass is 582 g/mol. The highest BCUT2D eigenvalue weighted by Crippen LogP contribution is 2.39. The summed E-state index contributed by atoms with van der Waals surface area (Å²) in [5, 5.41) is 3.92. The summed E-state index contributed by atoms with van der Waals surface area (Å²) in [4.78, 5) is 46.8. The Labute approximate surface area is 241 Å². The number of carbonyl (C=O) groups is 3. The van der Waals surface area contributed by atoms with E-state index in [2.05, 4.69) is 10.3 Å². The lowest BCUT2D eigenvalue weighted by atomic mass is 10.0. The smallest absolute Gasteiger partial charge is 0.356 e. The van der Waals surface area contributed by atoms with Crippen LogP contribution in [0.2, 0.25) is 0 Å². The maximum absolute atomic E-state index is 14.1. The fourth-order valence-electron chi connectivity index (χ4n) is 5.36. The number of nitrogens with one attached hydrogen (secondary N) is 1. The Morgan fingerprint density at radius 3 is 2.38 bits per heavy atom. The third-order valence-electron chi connectivity index (χ3n) is 7.35. The number of methoxy groups -OCH3 is 1. The van der Waals surface area contributed by atoms with E-state index >= 15 is 0 Å². The molecule has 0 fully saturated rings. The molecule has 11 heteroatoms. The first-order valence-electron chi connectivity index (χ1n) is 13.1. The molecule has 0 radical (unpaired) electrons. The second kappa shape index (κ2) is 10.4. The van der Waals surface area contributed by atoms with Crippen molar-refractivity contribution in [2.24, 2.45) is 0 Å². The summed E-state index contributed by atoms with van der Waals surface area (Å²) in [7, 11) is -2.68. The van der Waals surface area contributed by atoms with Gasteiger partial charge in [0.05, 0.1) is 23.2 Å². The first-order valence-corrected chi connectivity index (χ1v) is 14.8. The Kier molecular flexibility index (Phi) is 6.74. The van der Waals surface area contributed by atoms with E-state index in [1.807, 2.05) is 31.2 Å². The molecule has 6 rings (SSSR count). The van der Waals surface area contributed by atoms with Crippen LogP contribution in [0, 0.1) is 6.92 Å². The highest BCUT2D eigenvalue weighted by atomic mass is 32.2. The number of para-hydroxylation sites is 2. The van der Waals surface area contributed by atoms with E-state index in [1.165, 1.54) is 24.1 Å². The highest BCUT2D eigenvalue weighted by Gasteiger charge is 2.40. The van der Waals surface area contributed by atoms with Gasteiger partial charge < -0.3 is 14.6 Å². The molecule has 3 aromatic carbocycles. The third kappa shape index (κ3) is 4.57. The molecule has 1 N–H and O–H groups in total. The number of rotatable bonds is 6. The first kappa shape index (κ1) is 27.2. The van der Waals surface area contributed by atoms with Crippen molar-refractivity contribution in [3.8, 4) is 0 Å². The molecule has 5 aromatic rings. The second-order valence-corrected chi connectivity index (χ2v) is 12.0. The minimum absolute atomic E-state index is 0.0460. The van der Waals surface area contributed by atoms with Crippen molar-refractivity contribution in [1.29, 1.82) is 0 Å². The maximum atomic E-state index is 14.1. The van der Waals surface area contributed by atoms with Gasteiger partial charge >= 0.3 is 5.97 Å². The van der Waals surface area contributed by atoms with Gasteiger partial charge in [-0.15, -0.1) is 0 Å². The van der Waals surface area contributed by atoms with Crippen molar-refractivity contribution in [3.05, 3.63) is 102 Å². The summed E-state index contributed by atoms with van der Waals surface area (Å²) < 4.78 is 33.0. The van der Waals surface area contributed by atoms with Crippen LogP contribution in [0.1, 0.15) is 27.8 Å². The Balaban J connectivity index is 1.55. The summed E-state index contributed by atoms with van der Waals surface area (Å²) >= 11 is 0. The van der Waals surface area contributed by atoms with Crippen molar-refractivity contribution in [1.82, 2.24) is 14.9 Å². The number of amides is 2. The van der Waals surface area contributed by atoms with Gasteiger partial charge in [0.25, 0.3) is 0 Å². The number of nitrogens with zero attached hydrogens (tertiary/aromatic N) is 3. The number of aromatic nitrogens is 2. The fourth-order valence-corrected chi connectivity index (χ4v) is 6.41. The van der Waals surface area contributed by atoms with Gasteiger partial charge in [0.1, 0.15) is 18.1 Å². The molecule has 1 unspecified atom stereocenters. The van der Waals surface area contributed by atoms with Crippen LogP contribution >= 0.6 is 0 Å². The molecule has 2 amide bonds. The zero-order valence-electron chi connectivity index (χ0n) is 22.8. The van der Waals surface area contributed by atoms with Crippen LogP contribution in [0.15, 0.2) is 89.8 Å². The van der Waals surface area contributed by atoms with Crippen LogP contribution in [0.5, 0.6) is 0 Å². The van der Waals surface area contributed by atoms with Gasteiger partial charge in [-0.25, -0.2) is 18.2 Å². The van der Waals surface area contributed by atoms with Crippen molar-refractivity contribution < 1.29 is 27.5 Å². The van der Waals surface area contributed by atoms with E-state index in [1.54, 1.807) is 53.1 Å². The summed E-state index contributed by atoms with van der Waals surface area (Å²) in [6, 6.07) is 22.5. The quantitative estimate of drug-likeness (QED) is 0.301. The van der Waals surface area contributed by atoms with Crippen LogP contribution in [0.25, 0.3) is 21.8 Å². The number of anilines is 1. The van der Waals surface area contributed by atoms with E-state index in [9.17, 15) is 22.8 Å². The number of sulfone groups is 1. The van der Waals surface area contributed by atoms with E-state index in [0.717, 1.165) is 16.5 Å². The lowest BCUT2D eigenvalue weighted by Crippen LogP contribution is -2.45. The summed E-state index contributed by atoms with van der Waals surface area (Å²) in [5.74, 6) is -2.60. The van der Waals surface area contributed by atoms with Crippen LogP contribution in [0.3, 0.4) is 0 Å². The van der Waals surface area contributed by atoms with Gasteiger partial charge in [-0.05, 0) is 43.3 Å². The number of pyridine rings is 1. The van der Waals surface area contributed by atoms with Crippen molar-refractivity contribution in [2.45, 2.75) is 24.4 Å². The Bertz CT molecular complexity index is 1990. The largest absolute Gasteiger partial charge is 0.464 e.